The summed E-state index contributed by atoms with van der Waals surface area (Å²) in [4.78, 5) is 36.3. The van der Waals surface area contributed by atoms with Crippen molar-refractivity contribution < 1.29 is 29.3 Å². The lowest BCUT2D eigenvalue weighted by Gasteiger charge is -2.48. The number of carboxylic acid groups (broad SMARTS) is 1. The number of aliphatic hydroxyl groups is 1. The van der Waals surface area contributed by atoms with E-state index >= 15 is 0 Å². The van der Waals surface area contributed by atoms with Crippen LogP contribution in [0.25, 0.3) is 0 Å². The molecule has 0 aliphatic heterocycles. The zero-order valence-electron chi connectivity index (χ0n) is 18.8. The van der Waals surface area contributed by atoms with Crippen LogP contribution in [0.1, 0.15) is 47.5 Å². The standard InChI is InChI=1S/C25H32O6/c1-7-15(2)12-16(3)8-11-22(27)31-20-10-9-19-13-21(26)25(30,18(5)23(28)29)14-24(19,6)17(20)4/h8-13,15,17,20,30H,5,7,14H2,1-4,6H3,(H,28,29)/b11-8?,16-12+/t15-,17-,20-,24+,25+/m0/s1. The molecule has 0 bridgehead atoms. The zero-order valence-corrected chi connectivity index (χ0v) is 18.8. The van der Waals surface area contributed by atoms with Crippen molar-refractivity contribution in [2.24, 2.45) is 17.3 Å². The quantitative estimate of drug-likeness (QED) is 0.362. The molecule has 2 aliphatic carbocycles. The van der Waals surface area contributed by atoms with Gasteiger partial charge in [0.05, 0.1) is 5.57 Å². The van der Waals surface area contributed by atoms with Gasteiger partial charge in [-0.05, 0) is 37.0 Å². The van der Waals surface area contributed by atoms with Crippen LogP contribution in [0.4, 0.5) is 0 Å². The van der Waals surface area contributed by atoms with E-state index in [4.69, 9.17) is 4.74 Å². The first-order valence-electron chi connectivity index (χ1n) is 10.5. The van der Waals surface area contributed by atoms with Gasteiger partial charge in [-0.25, -0.2) is 9.59 Å². The summed E-state index contributed by atoms with van der Waals surface area (Å²) in [5.41, 5.74) is -1.90. The number of allylic oxidation sites excluding steroid dienone is 5. The maximum Gasteiger partial charge on any atom is 0.334 e. The molecule has 168 valence electrons. The minimum absolute atomic E-state index is 0.151. The Morgan fingerprint density at radius 1 is 1.39 bits per heavy atom. The molecule has 0 saturated carbocycles. The first-order chi connectivity index (χ1) is 14.3. The van der Waals surface area contributed by atoms with E-state index in [0.717, 1.165) is 12.0 Å². The molecule has 0 aromatic heterocycles. The molecule has 6 heteroatoms. The van der Waals surface area contributed by atoms with E-state index in [-0.39, 0.29) is 12.3 Å². The summed E-state index contributed by atoms with van der Waals surface area (Å²) in [7, 11) is 0. The van der Waals surface area contributed by atoms with Crippen molar-refractivity contribution in [1.29, 1.82) is 0 Å². The summed E-state index contributed by atoms with van der Waals surface area (Å²) in [6, 6.07) is 0. The first-order valence-corrected chi connectivity index (χ1v) is 10.5. The maximum atomic E-state index is 12.5. The van der Waals surface area contributed by atoms with E-state index in [2.05, 4.69) is 26.5 Å². The monoisotopic (exact) mass is 428 g/mol. The van der Waals surface area contributed by atoms with Gasteiger partial charge in [0.2, 0.25) is 0 Å². The Hall–Kier alpha value is -2.73. The second kappa shape index (κ2) is 9.18. The van der Waals surface area contributed by atoms with Crippen molar-refractivity contribution in [3.05, 3.63) is 59.8 Å². The maximum absolute atomic E-state index is 12.5. The van der Waals surface area contributed by atoms with Gasteiger partial charge in [0.1, 0.15) is 6.10 Å². The Labute approximate surface area is 183 Å². The van der Waals surface area contributed by atoms with E-state index in [1.54, 1.807) is 18.2 Å². The summed E-state index contributed by atoms with van der Waals surface area (Å²) in [6.45, 7) is 13.2. The minimum Gasteiger partial charge on any atom is -0.478 e. The molecule has 2 aliphatic rings. The highest BCUT2D eigenvalue weighted by molar-refractivity contribution is 6.08. The fraction of sp³-hybridized carbons (Fsp3) is 0.480. The molecule has 5 atom stereocenters. The van der Waals surface area contributed by atoms with Crippen LogP contribution < -0.4 is 0 Å². The number of carbonyl (C=O) groups excluding carboxylic acids is 2. The summed E-state index contributed by atoms with van der Waals surface area (Å²) >= 11 is 0. The van der Waals surface area contributed by atoms with Gasteiger partial charge in [0.15, 0.2) is 11.4 Å². The molecular formula is C25H32O6. The highest BCUT2D eigenvalue weighted by atomic mass is 16.5. The summed E-state index contributed by atoms with van der Waals surface area (Å²) in [6.07, 6.45) is 10.1. The second-order valence-electron chi connectivity index (χ2n) is 8.88. The fourth-order valence-corrected chi connectivity index (χ4v) is 4.10. The SMILES string of the molecule is C=C(C(=O)O)[C@]1(O)C[C@@]2(C)C(=CC1=O)C=C[C@H](OC(=O)C=C/C(C)=C/[C@@H](C)CC)[C@@H]2C. The Kier molecular flexibility index (Phi) is 7.27. The van der Waals surface area contributed by atoms with Crippen molar-refractivity contribution in [2.75, 3.05) is 0 Å². The average Bonchev–Trinajstić information content (AvgIpc) is 2.70. The van der Waals surface area contributed by atoms with E-state index in [0.29, 0.717) is 11.5 Å². The van der Waals surface area contributed by atoms with Gasteiger partial charge in [-0.2, -0.15) is 0 Å². The van der Waals surface area contributed by atoms with Gasteiger partial charge < -0.3 is 14.9 Å². The molecule has 0 aromatic rings. The van der Waals surface area contributed by atoms with Crippen LogP contribution in [-0.2, 0) is 19.1 Å². The molecule has 0 fully saturated rings. The molecule has 2 N–H and O–H groups in total. The number of carbonyl (C=O) groups is 3. The first kappa shape index (κ1) is 24.5. The van der Waals surface area contributed by atoms with Gasteiger partial charge in [0.25, 0.3) is 0 Å². The van der Waals surface area contributed by atoms with Crippen molar-refractivity contribution in [3.8, 4) is 0 Å². The van der Waals surface area contributed by atoms with Gasteiger partial charge in [-0.3, -0.25) is 4.79 Å². The van der Waals surface area contributed by atoms with Gasteiger partial charge in [-0.1, -0.05) is 64.5 Å². The number of esters is 1. The normalized spacial score (nSPS) is 31.7. The molecule has 2 rings (SSSR count). The van der Waals surface area contributed by atoms with Gasteiger partial charge in [0, 0.05) is 17.4 Å². The number of hydrogen-bond acceptors (Lipinski definition) is 5. The lowest BCUT2D eigenvalue weighted by Crippen LogP contribution is -2.53. The van der Waals surface area contributed by atoms with E-state index in [9.17, 15) is 24.6 Å². The van der Waals surface area contributed by atoms with Crippen molar-refractivity contribution in [1.82, 2.24) is 0 Å². The van der Waals surface area contributed by atoms with Crippen LogP contribution in [0.5, 0.6) is 0 Å². The predicted molar refractivity (Wildman–Crippen MR) is 118 cm³/mol. The lowest BCUT2D eigenvalue weighted by atomic mass is 9.57. The van der Waals surface area contributed by atoms with Crippen LogP contribution in [0.3, 0.4) is 0 Å². The van der Waals surface area contributed by atoms with Gasteiger partial charge >= 0.3 is 11.9 Å². The van der Waals surface area contributed by atoms with Crippen LogP contribution in [0.15, 0.2) is 59.8 Å². The molecular weight excluding hydrogens is 396 g/mol. The number of carboxylic acids is 1. The molecule has 0 spiro atoms. The van der Waals surface area contributed by atoms with Crippen molar-refractivity contribution in [3.63, 3.8) is 0 Å². The smallest absolute Gasteiger partial charge is 0.334 e. The summed E-state index contributed by atoms with van der Waals surface area (Å²) in [5, 5.41) is 20.2. The molecule has 0 unspecified atom stereocenters. The summed E-state index contributed by atoms with van der Waals surface area (Å²) in [5.74, 6) is -2.51. The Morgan fingerprint density at radius 3 is 2.61 bits per heavy atom. The molecule has 0 saturated heterocycles. The third-order valence-electron chi connectivity index (χ3n) is 6.62. The average molecular weight is 429 g/mol. The van der Waals surface area contributed by atoms with Crippen LogP contribution in [-0.4, -0.2) is 39.6 Å². The third-order valence-corrected chi connectivity index (χ3v) is 6.62. The summed E-state index contributed by atoms with van der Waals surface area (Å²) < 4.78 is 5.63. The molecule has 0 radical (unpaired) electrons. The van der Waals surface area contributed by atoms with Crippen molar-refractivity contribution >= 4 is 17.7 Å². The predicted octanol–water partition coefficient (Wildman–Crippen LogP) is 3.93. The van der Waals surface area contributed by atoms with Crippen LogP contribution in [0, 0.1) is 17.3 Å². The van der Waals surface area contributed by atoms with E-state index < -0.39 is 40.4 Å². The lowest BCUT2D eigenvalue weighted by molar-refractivity contribution is -0.148. The third kappa shape index (κ3) is 4.96. The molecule has 0 aromatic carbocycles. The minimum atomic E-state index is -2.20. The zero-order chi connectivity index (χ0) is 23.6. The molecule has 6 nitrogen and oxygen atoms in total. The number of rotatable bonds is 7. The number of aliphatic carboxylic acids is 1. The van der Waals surface area contributed by atoms with Gasteiger partial charge in [-0.15, -0.1) is 0 Å². The second-order valence-corrected chi connectivity index (χ2v) is 8.88. The topological polar surface area (TPSA) is 101 Å². The Morgan fingerprint density at radius 2 is 2.03 bits per heavy atom. The van der Waals surface area contributed by atoms with E-state index in [1.165, 1.54) is 12.2 Å². The van der Waals surface area contributed by atoms with E-state index in [1.807, 2.05) is 20.8 Å². The van der Waals surface area contributed by atoms with Crippen LogP contribution >= 0.6 is 0 Å². The van der Waals surface area contributed by atoms with Crippen molar-refractivity contribution in [2.45, 2.75) is 59.2 Å². The Bertz CT molecular complexity index is 905. The van der Waals surface area contributed by atoms with Crippen LogP contribution in [0.2, 0.25) is 0 Å². The number of fused-ring (bicyclic) bond motifs is 1. The molecule has 0 heterocycles. The number of hydrogen-bond donors (Lipinski definition) is 2. The Balaban J connectivity index is 2.23. The number of ether oxygens (including phenoxy) is 1. The molecule has 0 amide bonds. The number of ketones is 1. The highest BCUT2D eigenvalue weighted by Gasteiger charge is 2.54. The fourth-order valence-electron chi connectivity index (χ4n) is 4.10. The molecule has 31 heavy (non-hydrogen) atoms. The highest BCUT2D eigenvalue weighted by Crippen LogP contribution is 2.52. The largest absolute Gasteiger partial charge is 0.478 e.